The summed E-state index contributed by atoms with van der Waals surface area (Å²) in [6.45, 7) is 4.31. The predicted octanol–water partition coefficient (Wildman–Crippen LogP) is 2.04. The Balaban J connectivity index is 1.81. The van der Waals surface area contributed by atoms with Crippen LogP contribution in [-0.2, 0) is 9.47 Å². The molecular weight excluding hydrogens is 226 g/mol. The van der Waals surface area contributed by atoms with Crippen LogP contribution in [-0.4, -0.2) is 45.4 Å². The van der Waals surface area contributed by atoms with Crippen molar-refractivity contribution >= 4 is 11.6 Å². The molecule has 0 spiro atoms. The first-order valence-electron chi connectivity index (χ1n) is 6.26. The topological polar surface area (TPSA) is 30.5 Å². The highest BCUT2D eigenvalue weighted by Crippen LogP contribution is 2.29. The van der Waals surface area contributed by atoms with Gasteiger partial charge in [-0.15, -0.1) is 11.6 Å². The van der Waals surface area contributed by atoms with Crippen molar-refractivity contribution in [2.24, 2.45) is 5.92 Å². The Kier molecular flexibility index (Phi) is 8.21. The smallest absolute Gasteiger partial charge is 0.0590 e. The van der Waals surface area contributed by atoms with Crippen LogP contribution in [0.2, 0.25) is 0 Å². The molecule has 4 heteroatoms. The van der Waals surface area contributed by atoms with E-state index < -0.39 is 0 Å². The van der Waals surface area contributed by atoms with Crippen LogP contribution in [0, 0.1) is 5.92 Å². The normalized spacial score (nSPS) is 25.1. The van der Waals surface area contributed by atoms with E-state index in [1.54, 1.807) is 7.11 Å². The fourth-order valence-electron chi connectivity index (χ4n) is 2.06. The van der Waals surface area contributed by atoms with Gasteiger partial charge in [0.15, 0.2) is 0 Å². The van der Waals surface area contributed by atoms with Gasteiger partial charge >= 0.3 is 0 Å². The van der Waals surface area contributed by atoms with Crippen LogP contribution in [0.4, 0.5) is 0 Å². The number of ether oxygens (including phenoxy) is 2. The fourth-order valence-corrected chi connectivity index (χ4v) is 2.43. The van der Waals surface area contributed by atoms with Gasteiger partial charge in [0.25, 0.3) is 0 Å². The summed E-state index contributed by atoms with van der Waals surface area (Å²) in [5.41, 5.74) is 0. The van der Waals surface area contributed by atoms with Crippen LogP contribution in [0.5, 0.6) is 0 Å². The third kappa shape index (κ3) is 6.04. The zero-order valence-electron chi connectivity index (χ0n) is 10.2. The summed E-state index contributed by atoms with van der Waals surface area (Å²) in [4.78, 5) is 0. The lowest BCUT2D eigenvalue weighted by molar-refractivity contribution is 0.104. The Bertz CT molecular complexity index is 169. The molecule has 0 aromatic rings. The van der Waals surface area contributed by atoms with Gasteiger partial charge in [-0.3, -0.25) is 0 Å². The van der Waals surface area contributed by atoms with Gasteiger partial charge in [0.05, 0.1) is 6.61 Å². The third-order valence-electron chi connectivity index (χ3n) is 3.03. The Morgan fingerprint density at radius 1 is 1.25 bits per heavy atom. The number of halogens is 1. The van der Waals surface area contributed by atoms with Crippen molar-refractivity contribution in [3.8, 4) is 0 Å². The monoisotopic (exact) mass is 249 g/mol. The second-order valence-electron chi connectivity index (χ2n) is 4.37. The van der Waals surface area contributed by atoms with Crippen molar-refractivity contribution in [2.45, 2.75) is 31.1 Å². The predicted molar refractivity (Wildman–Crippen MR) is 67.2 cm³/mol. The van der Waals surface area contributed by atoms with Gasteiger partial charge in [0, 0.05) is 32.2 Å². The van der Waals surface area contributed by atoms with E-state index in [1.807, 2.05) is 0 Å². The van der Waals surface area contributed by atoms with E-state index in [0.717, 1.165) is 39.3 Å². The summed E-state index contributed by atoms with van der Waals surface area (Å²) in [6, 6.07) is 0. The van der Waals surface area contributed by atoms with E-state index in [4.69, 9.17) is 21.1 Å². The van der Waals surface area contributed by atoms with E-state index in [0.29, 0.717) is 11.3 Å². The number of rotatable bonds is 9. The first-order valence-corrected chi connectivity index (χ1v) is 6.69. The van der Waals surface area contributed by atoms with Gasteiger partial charge in [-0.25, -0.2) is 0 Å². The standard InChI is InChI=1S/C12H24ClNO2/c1-15-7-3-8-16-9-6-14-10-11-4-2-5-12(11)13/h11-12,14H,2-10H2,1H3. The highest BCUT2D eigenvalue weighted by Gasteiger charge is 2.24. The van der Waals surface area contributed by atoms with E-state index in [-0.39, 0.29) is 0 Å². The van der Waals surface area contributed by atoms with Crippen LogP contribution in [0.1, 0.15) is 25.7 Å². The molecule has 1 aliphatic rings. The van der Waals surface area contributed by atoms with Crippen molar-refractivity contribution in [3.05, 3.63) is 0 Å². The van der Waals surface area contributed by atoms with Crippen molar-refractivity contribution in [3.63, 3.8) is 0 Å². The first kappa shape index (κ1) is 14.2. The summed E-state index contributed by atoms with van der Waals surface area (Å²) in [5.74, 6) is 0.662. The van der Waals surface area contributed by atoms with Gasteiger partial charge < -0.3 is 14.8 Å². The van der Waals surface area contributed by atoms with E-state index in [1.165, 1.54) is 19.3 Å². The summed E-state index contributed by atoms with van der Waals surface area (Å²) in [5, 5.41) is 3.79. The molecule has 0 aliphatic heterocycles. The molecule has 16 heavy (non-hydrogen) atoms. The molecule has 0 aromatic carbocycles. The Morgan fingerprint density at radius 3 is 2.81 bits per heavy atom. The molecule has 0 aromatic heterocycles. The highest BCUT2D eigenvalue weighted by atomic mass is 35.5. The molecule has 0 heterocycles. The molecule has 0 radical (unpaired) electrons. The lowest BCUT2D eigenvalue weighted by Gasteiger charge is -2.14. The van der Waals surface area contributed by atoms with Gasteiger partial charge in [-0.05, 0) is 31.7 Å². The third-order valence-corrected chi connectivity index (χ3v) is 3.61. The van der Waals surface area contributed by atoms with E-state index in [2.05, 4.69) is 5.32 Å². The molecule has 96 valence electrons. The highest BCUT2D eigenvalue weighted by molar-refractivity contribution is 6.20. The Morgan fingerprint density at radius 2 is 2.12 bits per heavy atom. The van der Waals surface area contributed by atoms with E-state index >= 15 is 0 Å². The number of nitrogens with one attached hydrogen (secondary N) is 1. The summed E-state index contributed by atoms with van der Waals surface area (Å²) < 4.78 is 10.4. The van der Waals surface area contributed by atoms with Gasteiger partial charge in [0.1, 0.15) is 0 Å². The second-order valence-corrected chi connectivity index (χ2v) is 4.93. The van der Waals surface area contributed by atoms with Crippen LogP contribution in [0.15, 0.2) is 0 Å². The van der Waals surface area contributed by atoms with E-state index in [9.17, 15) is 0 Å². The lowest BCUT2D eigenvalue weighted by Crippen LogP contribution is -2.28. The molecular formula is C12H24ClNO2. The number of methoxy groups -OCH3 is 1. The van der Waals surface area contributed by atoms with Crippen LogP contribution < -0.4 is 5.32 Å². The molecule has 1 saturated carbocycles. The molecule has 0 bridgehead atoms. The molecule has 2 unspecified atom stereocenters. The minimum atomic E-state index is 0.384. The number of hydrogen-bond acceptors (Lipinski definition) is 3. The number of alkyl halides is 1. The SMILES string of the molecule is COCCCOCCNCC1CCCC1Cl. The molecule has 0 saturated heterocycles. The molecule has 0 amide bonds. The average molecular weight is 250 g/mol. The summed E-state index contributed by atoms with van der Waals surface area (Å²) in [7, 11) is 1.71. The summed E-state index contributed by atoms with van der Waals surface area (Å²) in [6.07, 6.45) is 4.72. The molecule has 3 nitrogen and oxygen atoms in total. The second kappa shape index (κ2) is 9.23. The van der Waals surface area contributed by atoms with Crippen LogP contribution in [0.25, 0.3) is 0 Å². The molecule has 1 fully saturated rings. The Labute approximate surface area is 104 Å². The lowest BCUT2D eigenvalue weighted by atomic mass is 10.1. The molecule has 2 atom stereocenters. The molecule has 1 N–H and O–H groups in total. The first-order chi connectivity index (χ1) is 7.84. The van der Waals surface area contributed by atoms with Crippen LogP contribution in [0.3, 0.4) is 0 Å². The average Bonchev–Trinajstić information content (AvgIpc) is 2.68. The zero-order chi connectivity index (χ0) is 11.6. The quantitative estimate of drug-likeness (QED) is 0.501. The molecule has 1 rings (SSSR count). The maximum Gasteiger partial charge on any atom is 0.0590 e. The van der Waals surface area contributed by atoms with Gasteiger partial charge in [-0.2, -0.15) is 0 Å². The van der Waals surface area contributed by atoms with Crippen LogP contribution >= 0.6 is 11.6 Å². The minimum absolute atomic E-state index is 0.384. The maximum atomic E-state index is 6.19. The minimum Gasteiger partial charge on any atom is -0.385 e. The molecule has 1 aliphatic carbocycles. The largest absolute Gasteiger partial charge is 0.385 e. The number of hydrogen-bond donors (Lipinski definition) is 1. The zero-order valence-corrected chi connectivity index (χ0v) is 11.0. The van der Waals surface area contributed by atoms with Gasteiger partial charge in [0.2, 0.25) is 0 Å². The fraction of sp³-hybridized carbons (Fsp3) is 1.00. The van der Waals surface area contributed by atoms with Crippen molar-refractivity contribution < 1.29 is 9.47 Å². The van der Waals surface area contributed by atoms with Crippen molar-refractivity contribution in [1.82, 2.24) is 5.32 Å². The summed E-state index contributed by atoms with van der Waals surface area (Å²) >= 11 is 6.19. The van der Waals surface area contributed by atoms with Crippen molar-refractivity contribution in [1.29, 1.82) is 0 Å². The Hall–Kier alpha value is 0.170. The van der Waals surface area contributed by atoms with Crippen molar-refractivity contribution in [2.75, 3.05) is 40.0 Å². The maximum absolute atomic E-state index is 6.19. The van der Waals surface area contributed by atoms with Gasteiger partial charge in [-0.1, -0.05) is 6.42 Å².